The van der Waals surface area contributed by atoms with E-state index >= 15 is 0 Å². The Kier molecular flexibility index (Phi) is 10.6. The molecule has 0 saturated carbocycles. The van der Waals surface area contributed by atoms with E-state index in [1.54, 1.807) is 0 Å². The number of para-hydroxylation sites is 1. The SMILES string of the molecule is CCc1cccc2c(C(=O)NCc3ccccc3)cn(CCCN3CCN(CCN(C(C)C)C(C)C)CC3)c12. The van der Waals surface area contributed by atoms with Gasteiger partial charge < -0.3 is 14.8 Å². The van der Waals surface area contributed by atoms with Gasteiger partial charge in [-0.25, -0.2) is 0 Å². The smallest absolute Gasteiger partial charge is 0.253 e. The standard InChI is InChI=1S/C33H49N5O/c1-6-29-14-10-15-30-31(33(39)34-24-28-12-8-7-9-13-28)25-37(32(29)30)17-11-16-35-18-20-36(21-19-35)22-23-38(26(2)3)27(4)5/h7-10,12-15,25-27H,6,11,16-24H2,1-5H3,(H,34,39). The highest BCUT2D eigenvalue weighted by atomic mass is 16.1. The lowest BCUT2D eigenvalue weighted by atomic mass is 10.1. The third kappa shape index (κ3) is 7.71. The van der Waals surface area contributed by atoms with Crippen molar-refractivity contribution in [2.24, 2.45) is 0 Å². The number of hydrogen-bond donors (Lipinski definition) is 1. The van der Waals surface area contributed by atoms with Gasteiger partial charge in [0.15, 0.2) is 0 Å². The monoisotopic (exact) mass is 531 g/mol. The normalized spacial score (nSPS) is 15.2. The molecule has 0 atom stereocenters. The number of carbonyl (C=O) groups excluding carboxylic acids is 1. The first-order valence-electron chi connectivity index (χ1n) is 15.0. The quantitative estimate of drug-likeness (QED) is 0.327. The minimum Gasteiger partial charge on any atom is -0.348 e. The number of amides is 1. The first-order valence-corrected chi connectivity index (χ1v) is 15.0. The van der Waals surface area contributed by atoms with Crippen LogP contribution < -0.4 is 5.32 Å². The van der Waals surface area contributed by atoms with Crippen molar-refractivity contribution in [2.75, 3.05) is 45.8 Å². The van der Waals surface area contributed by atoms with Crippen molar-refractivity contribution in [1.29, 1.82) is 0 Å². The van der Waals surface area contributed by atoms with Gasteiger partial charge in [0.1, 0.15) is 0 Å². The highest BCUT2D eigenvalue weighted by Crippen LogP contribution is 2.26. The summed E-state index contributed by atoms with van der Waals surface area (Å²) < 4.78 is 2.33. The zero-order valence-electron chi connectivity index (χ0n) is 24.8. The molecule has 1 fully saturated rings. The van der Waals surface area contributed by atoms with Crippen molar-refractivity contribution in [3.05, 3.63) is 71.4 Å². The van der Waals surface area contributed by atoms with Gasteiger partial charge in [0.05, 0.1) is 11.1 Å². The fraction of sp³-hybridized carbons (Fsp3) is 0.545. The number of hydrogen-bond acceptors (Lipinski definition) is 4. The highest BCUT2D eigenvalue weighted by Gasteiger charge is 2.20. The third-order valence-electron chi connectivity index (χ3n) is 8.24. The van der Waals surface area contributed by atoms with Crippen LogP contribution in [0.15, 0.2) is 54.7 Å². The van der Waals surface area contributed by atoms with Crippen molar-refractivity contribution in [3.63, 3.8) is 0 Å². The maximum atomic E-state index is 13.2. The molecule has 39 heavy (non-hydrogen) atoms. The lowest BCUT2D eigenvalue weighted by molar-refractivity contribution is 0.0952. The summed E-state index contributed by atoms with van der Waals surface area (Å²) in [6.45, 7) is 20.9. The van der Waals surface area contributed by atoms with E-state index in [1.165, 1.54) is 11.1 Å². The molecule has 0 unspecified atom stereocenters. The summed E-state index contributed by atoms with van der Waals surface area (Å²) in [7, 11) is 0. The largest absolute Gasteiger partial charge is 0.348 e. The van der Waals surface area contributed by atoms with Crippen molar-refractivity contribution in [1.82, 2.24) is 24.6 Å². The maximum absolute atomic E-state index is 13.2. The van der Waals surface area contributed by atoms with E-state index in [2.05, 4.69) is 83.6 Å². The lowest BCUT2D eigenvalue weighted by Gasteiger charge is -2.37. The first kappa shape index (κ1) is 29.3. The number of aryl methyl sites for hydroxylation is 2. The molecule has 1 aromatic heterocycles. The Morgan fingerprint density at radius 3 is 2.18 bits per heavy atom. The van der Waals surface area contributed by atoms with Gasteiger partial charge in [0, 0.05) is 76.0 Å². The van der Waals surface area contributed by atoms with Crippen LogP contribution in [0.25, 0.3) is 10.9 Å². The van der Waals surface area contributed by atoms with Gasteiger partial charge in [0.2, 0.25) is 0 Å². The van der Waals surface area contributed by atoms with Crippen molar-refractivity contribution in [2.45, 2.75) is 72.6 Å². The summed E-state index contributed by atoms with van der Waals surface area (Å²) >= 11 is 0. The Bertz CT molecular complexity index is 1170. The molecule has 0 spiro atoms. The first-order chi connectivity index (χ1) is 18.9. The molecule has 6 heteroatoms. The zero-order chi connectivity index (χ0) is 27.8. The molecule has 0 aliphatic carbocycles. The van der Waals surface area contributed by atoms with E-state index in [0.29, 0.717) is 18.6 Å². The van der Waals surface area contributed by atoms with Crippen molar-refractivity contribution >= 4 is 16.8 Å². The van der Waals surface area contributed by atoms with Crippen LogP contribution in [0.1, 0.15) is 62.5 Å². The second kappa shape index (κ2) is 14.1. The van der Waals surface area contributed by atoms with Crippen LogP contribution in [-0.4, -0.2) is 83.1 Å². The number of nitrogens with one attached hydrogen (secondary N) is 1. The lowest BCUT2D eigenvalue weighted by Crippen LogP contribution is -2.50. The number of fused-ring (bicyclic) bond motifs is 1. The molecule has 1 aliphatic heterocycles. The summed E-state index contributed by atoms with van der Waals surface area (Å²) in [5.74, 6) is 0.000442. The second-order valence-corrected chi connectivity index (χ2v) is 11.5. The van der Waals surface area contributed by atoms with Gasteiger partial charge in [-0.2, -0.15) is 0 Å². The van der Waals surface area contributed by atoms with Crippen molar-refractivity contribution < 1.29 is 4.79 Å². The van der Waals surface area contributed by atoms with E-state index in [9.17, 15) is 4.79 Å². The Hall–Kier alpha value is -2.67. The molecule has 2 heterocycles. The molecule has 1 saturated heterocycles. The zero-order valence-corrected chi connectivity index (χ0v) is 24.8. The molecule has 6 nitrogen and oxygen atoms in total. The fourth-order valence-corrected chi connectivity index (χ4v) is 6.02. The summed E-state index contributed by atoms with van der Waals surface area (Å²) in [4.78, 5) is 21.1. The fourth-order valence-electron chi connectivity index (χ4n) is 6.02. The number of nitrogens with zero attached hydrogens (tertiary/aromatic N) is 4. The topological polar surface area (TPSA) is 43.8 Å². The van der Waals surface area contributed by atoms with Crippen LogP contribution in [0.4, 0.5) is 0 Å². The second-order valence-electron chi connectivity index (χ2n) is 11.5. The van der Waals surface area contributed by atoms with Gasteiger partial charge in [0.25, 0.3) is 5.91 Å². The summed E-state index contributed by atoms with van der Waals surface area (Å²) in [6, 6.07) is 17.7. The summed E-state index contributed by atoms with van der Waals surface area (Å²) in [5.41, 5.74) is 4.41. The molecule has 0 radical (unpaired) electrons. The van der Waals surface area contributed by atoms with Crippen LogP contribution in [0, 0.1) is 0 Å². The molecular weight excluding hydrogens is 482 g/mol. The molecule has 4 rings (SSSR count). The number of aromatic nitrogens is 1. The van der Waals surface area contributed by atoms with Gasteiger partial charge in [-0.3, -0.25) is 14.6 Å². The number of benzene rings is 2. The average Bonchev–Trinajstić information content (AvgIpc) is 3.32. The minimum atomic E-state index is 0.000442. The molecule has 212 valence electrons. The van der Waals surface area contributed by atoms with Crippen molar-refractivity contribution in [3.8, 4) is 0 Å². The van der Waals surface area contributed by atoms with E-state index in [4.69, 9.17) is 0 Å². The van der Waals surface area contributed by atoms with Crippen LogP contribution in [0.2, 0.25) is 0 Å². The predicted octanol–water partition coefficient (Wildman–Crippen LogP) is 5.26. The minimum absolute atomic E-state index is 0.000442. The molecule has 1 N–H and O–H groups in total. The Morgan fingerprint density at radius 2 is 1.54 bits per heavy atom. The number of piperazine rings is 1. The predicted molar refractivity (Wildman–Crippen MR) is 163 cm³/mol. The third-order valence-corrected chi connectivity index (χ3v) is 8.24. The van der Waals surface area contributed by atoms with E-state index < -0.39 is 0 Å². The van der Waals surface area contributed by atoms with E-state index in [0.717, 1.165) is 81.7 Å². The van der Waals surface area contributed by atoms with Crippen LogP contribution in [0.5, 0.6) is 0 Å². The molecular formula is C33H49N5O. The van der Waals surface area contributed by atoms with E-state index in [-0.39, 0.29) is 5.91 Å². The molecule has 0 bridgehead atoms. The van der Waals surface area contributed by atoms with Crippen LogP contribution in [-0.2, 0) is 19.5 Å². The molecule has 1 amide bonds. The molecule has 1 aliphatic rings. The maximum Gasteiger partial charge on any atom is 0.253 e. The molecule has 3 aromatic rings. The van der Waals surface area contributed by atoms with Gasteiger partial charge in [-0.15, -0.1) is 0 Å². The Morgan fingerprint density at radius 1 is 0.872 bits per heavy atom. The Labute approximate surface area is 236 Å². The van der Waals surface area contributed by atoms with Crippen LogP contribution >= 0.6 is 0 Å². The average molecular weight is 532 g/mol. The molecule has 2 aromatic carbocycles. The van der Waals surface area contributed by atoms with Gasteiger partial charge in [-0.1, -0.05) is 55.5 Å². The number of rotatable bonds is 13. The Balaban J connectivity index is 1.32. The van der Waals surface area contributed by atoms with Gasteiger partial charge in [-0.05, 0) is 58.2 Å². The summed E-state index contributed by atoms with van der Waals surface area (Å²) in [5, 5.41) is 4.19. The summed E-state index contributed by atoms with van der Waals surface area (Å²) in [6.07, 6.45) is 4.12. The van der Waals surface area contributed by atoms with E-state index in [1.807, 2.05) is 30.3 Å². The highest BCUT2D eigenvalue weighted by molar-refractivity contribution is 6.07. The number of carbonyl (C=O) groups is 1. The van der Waals surface area contributed by atoms with Gasteiger partial charge >= 0.3 is 0 Å². The van der Waals surface area contributed by atoms with Crippen LogP contribution in [0.3, 0.4) is 0 Å².